The summed E-state index contributed by atoms with van der Waals surface area (Å²) in [5.41, 5.74) is 2.06. The largest absolute Gasteiger partial charge is 0.465 e. The van der Waals surface area contributed by atoms with Crippen molar-refractivity contribution >= 4 is 47.0 Å². The van der Waals surface area contributed by atoms with Crippen LogP contribution in [-0.2, 0) is 4.79 Å². The van der Waals surface area contributed by atoms with Gasteiger partial charge in [0.15, 0.2) is 5.78 Å². The molecule has 0 fully saturated rings. The summed E-state index contributed by atoms with van der Waals surface area (Å²) < 4.78 is 5.18. The zero-order chi connectivity index (χ0) is 25.3. The first-order valence-electron chi connectivity index (χ1n) is 11.0. The van der Waals surface area contributed by atoms with E-state index in [4.69, 9.17) is 16.0 Å². The summed E-state index contributed by atoms with van der Waals surface area (Å²) in [4.78, 5) is 38.2. The average molecular weight is 497 g/mol. The maximum atomic E-state index is 13.1. The summed E-state index contributed by atoms with van der Waals surface area (Å²) in [5.74, 6) is -0.575. The van der Waals surface area contributed by atoms with Crippen molar-refractivity contribution in [3.63, 3.8) is 0 Å². The topological polar surface area (TPSA) is 88.4 Å². The van der Waals surface area contributed by atoms with E-state index in [-0.39, 0.29) is 11.5 Å². The van der Waals surface area contributed by atoms with Crippen LogP contribution in [0.5, 0.6) is 0 Å². The van der Waals surface area contributed by atoms with Crippen LogP contribution in [0.15, 0.2) is 113 Å². The zero-order valence-electron chi connectivity index (χ0n) is 19.0. The molecule has 0 bridgehead atoms. The van der Waals surface area contributed by atoms with Gasteiger partial charge in [0.1, 0.15) is 11.5 Å². The summed E-state index contributed by atoms with van der Waals surface area (Å²) in [7, 11) is 0. The molecule has 178 valence electrons. The Hall–Kier alpha value is -4.68. The molecular weight excluding hydrogens is 476 g/mol. The smallest absolute Gasteiger partial charge is 0.272 e. The van der Waals surface area contributed by atoms with E-state index in [2.05, 4.69) is 10.6 Å². The lowest BCUT2D eigenvalue weighted by atomic mass is 10.1. The van der Waals surface area contributed by atoms with Gasteiger partial charge in [0.25, 0.3) is 11.8 Å². The predicted octanol–water partition coefficient (Wildman–Crippen LogP) is 6.24. The molecule has 0 saturated heterocycles. The van der Waals surface area contributed by atoms with E-state index in [0.717, 1.165) is 0 Å². The van der Waals surface area contributed by atoms with Gasteiger partial charge in [0, 0.05) is 21.8 Å². The number of halogens is 1. The molecule has 4 rings (SSSR count). The monoisotopic (exact) mass is 496 g/mol. The molecule has 0 aliphatic carbocycles. The quantitative estimate of drug-likeness (QED) is 0.223. The summed E-state index contributed by atoms with van der Waals surface area (Å²) in [6.45, 7) is 0. The Kier molecular flexibility index (Phi) is 7.90. The van der Waals surface area contributed by atoms with Crippen molar-refractivity contribution in [3.8, 4) is 0 Å². The number of hydrogen-bond acceptors (Lipinski definition) is 4. The maximum absolute atomic E-state index is 13.1. The number of benzene rings is 3. The summed E-state index contributed by atoms with van der Waals surface area (Å²) in [6, 6.07) is 25.4. The van der Waals surface area contributed by atoms with E-state index in [9.17, 15) is 14.4 Å². The molecule has 0 aliphatic heterocycles. The van der Waals surface area contributed by atoms with Crippen molar-refractivity contribution in [1.82, 2.24) is 5.32 Å². The van der Waals surface area contributed by atoms with E-state index < -0.39 is 11.8 Å². The van der Waals surface area contributed by atoms with Crippen molar-refractivity contribution in [2.75, 3.05) is 5.32 Å². The van der Waals surface area contributed by atoms with Crippen LogP contribution >= 0.6 is 11.6 Å². The molecule has 3 aromatic carbocycles. The number of carbonyl (C=O) groups excluding carboxylic acids is 3. The molecule has 2 N–H and O–H groups in total. The van der Waals surface area contributed by atoms with Crippen LogP contribution in [0.1, 0.15) is 32.0 Å². The second kappa shape index (κ2) is 11.6. The number of allylic oxidation sites excluding steroid dienone is 1. The second-order valence-corrected chi connectivity index (χ2v) is 8.11. The predicted molar refractivity (Wildman–Crippen MR) is 140 cm³/mol. The van der Waals surface area contributed by atoms with E-state index in [1.165, 1.54) is 12.3 Å². The number of nitrogens with one attached hydrogen (secondary N) is 2. The zero-order valence-corrected chi connectivity index (χ0v) is 19.7. The lowest BCUT2D eigenvalue weighted by Crippen LogP contribution is -2.30. The lowest BCUT2D eigenvalue weighted by Gasteiger charge is -2.12. The molecule has 0 saturated carbocycles. The van der Waals surface area contributed by atoms with Gasteiger partial charge in [0.2, 0.25) is 0 Å². The fourth-order valence-corrected chi connectivity index (χ4v) is 3.35. The van der Waals surface area contributed by atoms with Crippen LogP contribution in [-0.4, -0.2) is 17.6 Å². The molecule has 6 nitrogen and oxygen atoms in total. The van der Waals surface area contributed by atoms with E-state index in [1.54, 1.807) is 103 Å². The van der Waals surface area contributed by atoms with Gasteiger partial charge in [-0.15, -0.1) is 0 Å². The van der Waals surface area contributed by atoms with Crippen LogP contribution in [0.3, 0.4) is 0 Å². The van der Waals surface area contributed by atoms with Gasteiger partial charge in [0.05, 0.1) is 6.26 Å². The van der Waals surface area contributed by atoms with Gasteiger partial charge in [-0.1, -0.05) is 41.9 Å². The number of carbonyl (C=O) groups is 3. The highest BCUT2D eigenvalue weighted by atomic mass is 35.5. The first-order chi connectivity index (χ1) is 17.5. The second-order valence-electron chi connectivity index (χ2n) is 7.67. The van der Waals surface area contributed by atoms with Gasteiger partial charge in [-0.25, -0.2) is 0 Å². The van der Waals surface area contributed by atoms with Crippen molar-refractivity contribution in [2.45, 2.75) is 0 Å². The Labute approximate surface area is 212 Å². The number of anilines is 1. The summed E-state index contributed by atoms with van der Waals surface area (Å²) in [6.07, 6.45) is 6.09. The van der Waals surface area contributed by atoms with Gasteiger partial charge in [-0.3, -0.25) is 14.4 Å². The third-order valence-electron chi connectivity index (χ3n) is 5.08. The first kappa shape index (κ1) is 24.4. The molecule has 1 aromatic heterocycles. The van der Waals surface area contributed by atoms with Crippen LogP contribution in [0.4, 0.5) is 5.69 Å². The SMILES string of the molecule is O=C(Nc1ccc(C(=O)/C=C/c2ccco2)cc1)/C(=C/c1ccc(Cl)cc1)NC(=O)c1ccccc1. The van der Waals surface area contributed by atoms with Gasteiger partial charge in [-0.2, -0.15) is 0 Å². The van der Waals surface area contributed by atoms with E-state index in [0.29, 0.717) is 33.2 Å². The maximum Gasteiger partial charge on any atom is 0.272 e. The molecule has 1 heterocycles. The molecule has 0 radical (unpaired) electrons. The van der Waals surface area contributed by atoms with E-state index in [1.807, 2.05) is 0 Å². The molecule has 2 amide bonds. The van der Waals surface area contributed by atoms with Crippen molar-refractivity contribution in [2.24, 2.45) is 0 Å². The molecule has 4 aromatic rings. The third-order valence-corrected chi connectivity index (χ3v) is 5.33. The summed E-state index contributed by atoms with van der Waals surface area (Å²) >= 11 is 5.96. The van der Waals surface area contributed by atoms with Crippen LogP contribution < -0.4 is 10.6 Å². The number of furan rings is 1. The molecule has 0 aliphatic rings. The average Bonchev–Trinajstić information content (AvgIpc) is 3.43. The first-order valence-corrected chi connectivity index (χ1v) is 11.4. The lowest BCUT2D eigenvalue weighted by molar-refractivity contribution is -0.113. The molecule has 0 spiro atoms. The van der Waals surface area contributed by atoms with E-state index >= 15 is 0 Å². The standard InChI is InChI=1S/C29H21ClN2O4/c30-23-12-8-20(9-13-23)19-26(32-28(34)22-5-2-1-3-6-22)29(35)31-24-14-10-21(11-15-24)27(33)17-16-25-7-4-18-36-25/h1-19H,(H,31,35)(H,32,34)/b17-16+,26-19-. The third kappa shape index (κ3) is 6.68. The minimum absolute atomic E-state index is 0.0488. The number of hydrogen-bond donors (Lipinski definition) is 2. The Morgan fingerprint density at radius 1 is 0.778 bits per heavy atom. The normalized spacial score (nSPS) is 11.3. The Balaban J connectivity index is 1.50. The van der Waals surface area contributed by atoms with Crippen LogP contribution in [0.25, 0.3) is 12.2 Å². The number of ketones is 1. The molecular formula is C29H21ClN2O4. The van der Waals surface area contributed by atoms with Crippen LogP contribution in [0.2, 0.25) is 5.02 Å². The fourth-order valence-electron chi connectivity index (χ4n) is 3.22. The van der Waals surface area contributed by atoms with Crippen molar-refractivity contribution < 1.29 is 18.8 Å². The van der Waals surface area contributed by atoms with Gasteiger partial charge in [-0.05, 0) is 84.5 Å². The van der Waals surface area contributed by atoms with Gasteiger partial charge >= 0.3 is 0 Å². The number of rotatable bonds is 8. The number of amides is 2. The highest BCUT2D eigenvalue weighted by Crippen LogP contribution is 2.16. The van der Waals surface area contributed by atoms with Crippen molar-refractivity contribution in [3.05, 3.63) is 137 Å². The minimum atomic E-state index is -0.522. The molecule has 0 atom stereocenters. The molecule has 7 heteroatoms. The molecule has 0 unspecified atom stereocenters. The highest BCUT2D eigenvalue weighted by Gasteiger charge is 2.15. The molecule has 36 heavy (non-hydrogen) atoms. The van der Waals surface area contributed by atoms with Crippen molar-refractivity contribution in [1.29, 1.82) is 0 Å². The fraction of sp³-hybridized carbons (Fsp3) is 0. The summed E-state index contributed by atoms with van der Waals surface area (Å²) in [5, 5.41) is 6.00. The Morgan fingerprint density at radius 3 is 2.17 bits per heavy atom. The Morgan fingerprint density at radius 2 is 1.50 bits per heavy atom. The highest BCUT2D eigenvalue weighted by molar-refractivity contribution is 6.30. The van der Waals surface area contributed by atoms with Crippen LogP contribution in [0, 0.1) is 0 Å². The Bertz CT molecular complexity index is 1410. The van der Waals surface area contributed by atoms with Gasteiger partial charge < -0.3 is 15.1 Å². The minimum Gasteiger partial charge on any atom is -0.465 e.